The molecule has 0 amide bonds. The molecule has 0 radical (unpaired) electrons. The van der Waals surface area contributed by atoms with Gasteiger partial charge in [-0.3, -0.25) is 0 Å². The molecule has 0 saturated heterocycles. The van der Waals surface area contributed by atoms with E-state index in [-0.39, 0.29) is 12.0 Å². The summed E-state index contributed by atoms with van der Waals surface area (Å²) in [5, 5.41) is 6.17. The molecule has 31 heavy (non-hydrogen) atoms. The number of alkyl halides is 3. The Morgan fingerprint density at radius 2 is 1.90 bits per heavy atom. The molecule has 1 aromatic carbocycles. The summed E-state index contributed by atoms with van der Waals surface area (Å²) >= 11 is 1.57. The van der Waals surface area contributed by atoms with Gasteiger partial charge in [-0.1, -0.05) is 24.3 Å². The summed E-state index contributed by atoms with van der Waals surface area (Å²) in [5.74, 6) is 0.723. The molecular weight excluding hydrogens is 423 g/mol. The monoisotopic (exact) mass is 445 g/mol. The van der Waals surface area contributed by atoms with E-state index in [1.165, 1.54) is 12.1 Å². The van der Waals surface area contributed by atoms with Gasteiger partial charge in [0.25, 0.3) is 0 Å². The van der Waals surface area contributed by atoms with Crippen LogP contribution in [0.2, 0.25) is 0 Å². The van der Waals surface area contributed by atoms with Gasteiger partial charge in [0.1, 0.15) is 5.82 Å². The minimum absolute atomic E-state index is 0.225. The Balaban J connectivity index is 1.34. The normalized spacial score (nSPS) is 16.7. The lowest BCUT2D eigenvalue weighted by molar-refractivity contribution is -0.137. The molecule has 162 valence electrons. The predicted molar refractivity (Wildman–Crippen MR) is 118 cm³/mol. The van der Waals surface area contributed by atoms with Crippen LogP contribution in [0.25, 0.3) is 12.2 Å². The Morgan fingerprint density at radius 3 is 2.65 bits per heavy atom. The lowest BCUT2D eigenvalue weighted by Crippen LogP contribution is -2.31. The van der Waals surface area contributed by atoms with Crippen molar-refractivity contribution in [1.29, 1.82) is 0 Å². The Bertz CT molecular complexity index is 1170. The van der Waals surface area contributed by atoms with E-state index in [4.69, 9.17) is 11.5 Å². The highest BCUT2D eigenvalue weighted by Gasteiger charge is 2.29. The summed E-state index contributed by atoms with van der Waals surface area (Å²) in [4.78, 5) is 9.70. The van der Waals surface area contributed by atoms with Crippen LogP contribution in [0.5, 0.6) is 0 Å². The van der Waals surface area contributed by atoms with Gasteiger partial charge in [-0.05, 0) is 47.0 Å². The molecule has 2 atom stereocenters. The van der Waals surface area contributed by atoms with Gasteiger partial charge >= 0.3 is 6.18 Å². The number of fused-ring (bicyclic) bond motifs is 1. The van der Waals surface area contributed by atoms with Crippen molar-refractivity contribution in [2.45, 2.75) is 31.0 Å². The van der Waals surface area contributed by atoms with Crippen LogP contribution in [0.4, 0.5) is 24.1 Å². The molecule has 2 heterocycles. The first-order valence-corrected chi connectivity index (χ1v) is 10.6. The number of nitrogens with zero attached hydrogens (tertiary/aromatic N) is 2. The van der Waals surface area contributed by atoms with E-state index >= 15 is 0 Å². The highest BCUT2D eigenvalue weighted by atomic mass is 32.1. The number of anilines is 2. The second-order valence-corrected chi connectivity index (χ2v) is 8.62. The average molecular weight is 446 g/mol. The number of rotatable bonds is 6. The number of hydrogen-bond acceptors (Lipinski definition) is 6. The Labute approximate surface area is 181 Å². The number of pyridine rings is 1. The third kappa shape index (κ3) is 5.23. The third-order valence-electron chi connectivity index (χ3n) is 5.15. The van der Waals surface area contributed by atoms with Gasteiger partial charge in [0.05, 0.1) is 5.56 Å². The Kier molecular flexibility index (Phi) is 5.97. The lowest BCUT2D eigenvalue weighted by atomic mass is 9.97. The van der Waals surface area contributed by atoms with E-state index in [1.807, 2.05) is 12.3 Å². The van der Waals surface area contributed by atoms with Gasteiger partial charge in [-0.2, -0.15) is 13.2 Å². The average Bonchev–Trinajstić information content (AvgIpc) is 3.20. The maximum absolute atomic E-state index is 12.7. The van der Waals surface area contributed by atoms with Gasteiger partial charge < -0.3 is 16.8 Å². The van der Waals surface area contributed by atoms with Crippen molar-refractivity contribution >= 4 is 34.4 Å². The molecule has 3 aromatic rings. The minimum Gasteiger partial charge on any atom is -0.384 e. The first-order chi connectivity index (χ1) is 14.8. The molecule has 0 saturated carbocycles. The zero-order valence-electron chi connectivity index (χ0n) is 16.6. The summed E-state index contributed by atoms with van der Waals surface area (Å²) in [6.45, 7) is 0.472. The number of benzene rings is 1. The molecular formula is C22H22F3N5S. The van der Waals surface area contributed by atoms with Crippen molar-refractivity contribution in [3.63, 3.8) is 0 Å². The fourth-order valence-electron chi connectivity index (χ4n) is 3.51. The van der Waals surface area contributed by atoms with Crippen LogP contribution in [-0.4, -0.2) is 22.6 Å². The molecule has 5 nitrogen and oxygen atoms in total. The van der Waals surface area contributed by atoms with E-state index < -0.39 is 11.7 Å². The summed E-state index contributed by atoms with van der Waals surface area (Å²) in [6.07, 6.45) is 4.99. The van der Waals surface area contributed by atoms with Gasteiger partial charge in [0.15, 0.2) is 5.13 Å². The minimum atomic E-state index is -4.33. The van der Waals surface area contributed by atoms with Crippen molar-refractivity contribution in [3.8, 4) is 0 Å². The number of nitrogens with one attached hydrogen (secondary N) is 1. The van der Waals surface area contributed by atoms with Gasteiger partial charge in [-0.25, -0.2) is 9.97 Å². The summed E-state index contributed by atoms with van der Waals surface area (Å²) in [6, 6.07) is 6.74. The zero-order valence-corrected chi connectivity index (χ0v) is 17.4. The van der Waals surface area contributed by atoms with Crippen LogP contribution in [0.15, 0.2) is 42.7 Å². The molecule has 0 fully saturated rings. The van der Waals surface area contributed by atoms with E-state index in [9.17, 15) is 13.2 Å². The van der Waals surface area contributed by atoms with Gasteiger partial charge in [-0.15, -0.1) is 11.3 Å². The van der Waals surface area contributed by atoms with Crippen LogP contribution in [0, 0.1) is 0 Å². The van der Waals surface area contributed by atoms with Gasteiger partial charge in [0, 0.05) is 35.8 Å². The number of thiazole rings is 1. The number of hydrogen-bond donors (Lipinski definition) is 3. The highest BCUT2D eigenvalue weighted by molar-refractivity contribution is 7.15. The summed E-state index contributed by atoms with van der Waals surface area (Å²) in [5.41, 5.74) is 12.1. The maximum atomic E-state index is 12.7. The zero-order chi connectivity index (χ0) is 22.0. The van der Waals surface area contributed by atoms with E-state index in [2.05, 4.69) is 27.4 Å². The maximum Gasteiger partial charge on any atom is 0.416 e. The molecule has 9 heteroatoms. The molecule has 1 unspecified atom stereocenters. The second-order valence-electron chi connectivity index (χ2n) is 7.56. The number of aromatic nitrogens is 2. The van der Waals surface area contributed by atoms with Crippen molar-refractivity contribution in [1.82, 2.24) is 9.97 Å². The molecule has 0 bridgehead atoms. The van der Waals surface area contributed by atoms with Crippen molar-refractivity contribution in [2.24, 2.45) is 5.73 Å². The number of nitrogen functional groups attached to an aromatic ring is 1. The molecule has 2 aromatic heterocycles. The highest BCUT2D eigenvalue weighted by Crippen LogP contribution is 2.31. The third-order valence-corrected chi connectivity index (χ3v) is 6.23. The molecule has 4 rings (SSSR count). The van der Waals surface area contributed by atoms with Crippen molar-refractivity contribution in [2.75, 3.05) is 17.6 Å². The van der Waals surface area contributed by atoms with Crippen LogP contribution in [-0.2, 0) is 12.6 Å². The molecule has 1 aliphatic rings. The van der Waals surface area contributed by atoms with Crippen molar-refractivity contribution < 1.29 is 13.2 Å². The number of halogens is 3. The van der Waals surface area contributed by atoms with Crippen LogP contribution < -0.4 is 27.2 Å². The molecule has 0 aliphatic heterocycles. The molecule has 0 spiro atoms. The fraction of sp³-hybridized carbons (Fsp3) is 0.273. The topological polar surface area (TPSA) is 89.8 Å². The predicted octanol–water partition coefficient (Wildman–Crippen LogP) is 2.87. The summed E-state index contributed by atoms with van der Waals surface area (Å²) < 4.78 is 38.0. The Morgan fingerprint density at radius 1 is 1.13 bits per heavy atom. The standard InChI is InChI=1S/C22H22F3N5S/c23-22(24,25)17-5-1-13(2-6-17)7-18(26)11-29-21-30-12-19(31-21)14-3-4-15-10-28-20(27)9-16(15)8-14/h1-2,4-6,8-10,12,14,18H,3,7,11,26-27H2,(H,29,30)/t14?,18-/m0/s1. The van der Waals surface area contributed by atoms with Crippen molar-refractivity contribution in [3.05, 3.63) is 69.2 Å². The van der Waals surface area contributed by atoms with Crippen LogP contribution in [0.3, 0.4) is 0 Å². The van der Waals surface area contributed by atoms with E-state index in [1.54, 1.807) is 17.5 Å². The smallest absolute Gasteiger partial charge is 0.384 e. The van der Waals surface area contributed by atoms with Crippen LogP contribution >= 0.6 is 11.3 Å². The molecule has 5 N–H and O–H groups in total. The first kappa shape index (κ1) is 21.3. The first-order valence-electron chi connectivity index (χ1n) is 9.83. The van der Waals surface area contributed by atoms with E-state index in [0.717, 1.165) is 44.6 Å². The van der Waals surface area contributed by atoms with Crippen LogP contribution in [0.1, 0.15) is 28.3 Å². The lowest BCUT2D eigenvalue weighted by Gasteiger charge is -2.13. The second kappa shape index (κ2) is 8.68. The fourth-order valence-corrected chi connectivity index (χ4v) is 4.42. The van der Waals surface area contributed by atoms with E-state index in [0.29, 0.717) is 18.8 Å². The summed E-state index contributed by atoms with van der Waals surface area (Å²) in [7, 11) is 0. The quantitative estimate of drug-likeness (QED) is 0.543. The van der Waals surface area contributed by atoms with Gasteiger partial charge in [0.2, 0.25) is 0 Å². The largest absolute Gasteiger partial charge is 0.416 e. The Hall–Kier alpha value is -2.91. The SMILES string of the molecule is Nc1cc2c(cn1)=CCC(c1cnc(NC[C@@H](N)Cc3ccc(C(F)(F)F)cc3)s1)C=2. The number of nitrogens with two attached hydrogens (primary N) is 2. The molecule has 1 aliphatic carbocycles.